The number of carbonyl (C=O) groups is 1. The molecule has 2 aromatic rings. The zero-order valence-corrected chi connectivity index (χ0v) is 24.8. The molecule has 2 N–H and O–H groups in total. The van der Waals surface area contributed by atoms with Crippen molar-refractivity contribution < 1.29 is 23.4 Å². The van der Waals surface area contributed by atoms with Gasteiger partial charge in [0.2, 0.25) is 12.3 Å². The monoisotopic (exact) mass is 605 g/mol. The number of nitrogens with zero attached hydrogens (tertiary/aromatic N) is 4. The summed E-state index contributed by atoms with van der Waals surface area (Å²) in [6.07, 6.45) is 0.121. The Labute approximate surface area is 248 Å². The van der Waals surface area contributed by atoms with Gasteiger partial charge in [0.25, 0.3) is 0 Å². The quantitative estimate of drug-likeness (QED) is 0.381. The largest absolute Gasteiger partial charge is 0.383 e. The lowest BCUT2D eigenvalue weighted by Crippen LogP contribution is -2.60. The van der Waals surface area contributed by atoms with E-state index in [1.54, 1.807) is 18.1 Å². The molecular formula is C29H34ClF2N5O3S. The van der Waals surface area contributed by atoms with Crippen LogP contribution in [0.1, 0.15) is 19.4 Å². The summed E-state index contributed by atoms with van der Waals surface area (Å²) >= 11 is 8.42. The highest BCUT2D eigenvalue weighted by molar-refractivity contribution is 7.99. The smallest absolute Gasteiger partial charge is 0.246 e. The van der Waals surface area contributed by atoms with Crippen molar-refractivity contribution in [2.45, 2.75) is 43.2 Å². The van der Waals surface area contributed by atoms with E-state index >= 15 is 4.39 Å². The van der Waals surface area contributed by atoms with Crippen LogP contribution in [0.25, 0.3) is 11.1 Å². The van der Waals surface area contributed by atoms with Gasteiger partial charge in [0.1, 0.15) is 17.5 Å². The number of hydrogen-bond acceptors (Lipinski definition) is 8. The molecule has 12 heteroatoms. The number of nitrogens with one attached hydrogen (secondary N) is 1. The number of methoxy groups -OCH3 is 1. The Morgan fingerprint density at radius 3 is 2.63 bits per heavy atom. The van der Waals surface area contributed by atoms with Crippen LogP contribution in [0.3, 0.4) is 0 Å². The second-order valence-corrected chi connectivity index (χ2v) is 12.0. The van der Waals surface area contributed by atoms with E-state index in [1.165, 1.54) is 30.0 Å². The number of carbonyl (C=O) groups excluding carboxylic acids is 1. The third-order valence-corrected chi connectivity index (χ3v) is 9.24. The number of amidine groups is 1. The van der Waals surface area contributed by atoms with Crippen LogP contribution < -0.4 is 10.2 Å². The van der Waals surface area contributed by atoms with Crippen LogP contribution in [0.15, 0.2) is 46.8 Å². The number of ether oxygens (including phenoxy) is 1. The summed E-state index contributed by atoms with van der Waals surface area (Å²) in [5.74, 6) is -0.349. The van der Waals surface area contributed by atoms with Gasteiger partial charge in [0.05, 0.1) is 17.3 Å². The van der Waals surface area contributed by atoms with Crippen LogP contribution >= 0.6 is 23.4 Å². The zero-order valence-electron chi connectivity index (χ0n) is 23.2. The summed E-state index contributed by atoms with van der Waals surface area (Å²) in [5.41, 5.74) is 2.06. The minimum Gasteiger partial charge on any atom is -0.383 e. The molecule has 0 spiro atoms. The summed E-state index contributed by atoms with van der Waals surface area (Å²) in [7, 11) is 1.64. The molecule has 220 valence electrons. The molecule has 8 nitrogen and oxygen atoms in total. The fourth-order valence-corrected chi connectivity index (χ4v) is 7.64. The number of rotatable bonds is 6. The second-order valence-electron chi connectivity index (χ2n) is 10.5. The van der Waals surface area contributed by atoms with Crippen LogP contribution in [0, 0.1) is 11.6 Å². The van der Waals surface area contributed by atoms with E-state index in [0.717, 1.165) is 11.6 Å². The molecule has 2 aromatic carbocycles. The Kier molecular flexibility index (Phi) is 8.91. The highest BCUT2D eigenvalue weighted by Gasteiger charge is 2.40. The van der Waals surface area contributed by atoms with Crippen molar-refractivity contribution in [1.29, 1.82) is 0 Å². The topological polar surface area (TPSA) is 80.6 Å². The first kappa shape index (κ1) is 29.8. The number of amides is 1. The molecule has 1 amide bonds. The van der Waals surface area contributed by atoms with Gasteiger partial charge >= 0.3 is 0 Å². The molecule has 0 bridgehead atoms. The van der Waals surface area contributed by atoms with E-state index in [2.05, 4.69) is 16.8 Å². The van der Waals surface area contributed by atoms with Gasteiger partial charge < -0.3 is 29.9 Å². The highest BCUT2D eigenvalue weighted by atomic mass is 35.5. The Morgan fingerprint density at radius 1 is 1.24 bits per heavy atom. The van der Waals surface area contributed by atoms with Gasteiger partial charge in [-0.3, -0.25) is 4.79 Å². The number of hydrogen-bond donors (Lipinski definition) is 2. The van der Waals surface area contributed by atoms with E-state index in [0.29, 0.717) is 65.5 Å². The first-order valence-electron chi connectivity index (χ1n) is 13.5. The van der Waals surface area contributed by atoms with Crippen LogP contribution in [0.5, 0.6) is 0 Å². The molecule has 1 saturated heterocycles. The predicted molar refractivity (Wildman–Crippen MR) is 159 cm³/mol. The predicted octanol–water partition coefficient (Wildman–Crippen LogP) is 3.95. The third kappa shape index (κ3) is 5.70. The van der Waals surface area contributed by atoms with Gasteiger partial charge in [-0.15, -0.1) is 11.8 Å². The minimum absolute atomic E-state index is 0.0417. The number of halogens is 3. The van der Waals surface area contributed by atoms with Crippen molar-refractivity contribution in [2.24, 2.45) is 4.99 Å². The molecule has 41 heavy (non-hydrogen) atoms. The van der Waals surface area contributed by atoms with Crippen LogP contribution in [0.2, 0.25) is 5.02 Å². The second kappa shape index (κ2) is 12.3. The van der Waals surface area contributed by atoms with Crippen LogP contribution in [-0.4, -0.2) is 96.8 Å². The fraction of sp³-hybridized carbons (Fsp3) is 0.448. The Bertz CT molecular complexity index is 1370. The standard InChI is InChI=1S/C29H34ClF2N5O3S/c1-5-24(38)37-16(2)12-35(13-17(37)3)28-21-11-22(30)25(20-7-6-18(31)10-23(20)32)27-26(21)36(29(39)34-28)14-19(15-41-27)33-8-9-40-4/h5-7,10-11,16-17,19,29,33,39H,1,8-9,12-15H2,2-4H3/t16-,17+,19?,29?. The van der Waals surface area contributed by atoms with Crippen molar-refractivity contribution in [3.05, 3.63) is 59.1 Å². The van der Waals surface area contributed by atoms with Crippen LogP contribution in [0.4, 0.5) is 14.5 Å². The van der Waals surface area contributed by atoms with E-state index in [9.17, 15) is 14.3 Å². The van der Waals surface area contributed by atoms with E-state index < -0.39 is 18.0 Å². The minimum atomic E-state index is -1.20. The average Bonchev–Trinajstić information content (AvgIpc) is 3.11. The molecule has 5 rings (SSSR count). The summed E-state index contributed by atoms with van der Waals surface area (Å²) < 4.78 is 34.2. The first-order valence-corrected chi connectivity index (χ1v) is 14.9. The van der Waals surface area contributed by atoms with E-state index in [-0.39, 0.29) is 29.6 Å². The van der Waals surface area contributed by atoms with Crippen molar-refractivity contribution in [1.82, 2.24) is 15.1 Å². The lowest BCUT2D eigenvalue weighted by atomic mass is 9.97. The first-order chi connectivity index (χ1) is 19.6. The van der Waals surface area contributed by atoms with Gasteiger partial charge in [-0.05, 0) is 38.1 Å². The van der Waals surface area contributed by atoms with Gasteiger partial charge in [0, 0.05) is 84.8 Å². The molecule has 0 aliphatic carbocycles. The molecule has 2 unspecified atom stereocenters. The molecule has 0 radical (unpaired) electrons. The molecular weight excluding hydrogens is 572 g/mol. The maximum Gasteiger partial charge on any atom is 0.246 e. The number of anilines is 1. The average molecular weight is 606 g/mol. The highest BCUT2D eigenvalue weighted by Crippen LogP contribution is 2.49. The Hall–Kier alpha value is -2.70. The molecule has 3 aliphatic rings. The van der Waals surface area contributed by atoms with E-state index in [4.69, 9.17) is 21.3 Å². The number of aliphatic hydroxyl groups excluding tert-OH is 1. The number of aliphatic hydroxyl groups is 1. The summed E-state index contributed by atoms with van der Waals surface area (Å²) in [6.45, 7) is 10.1. The molecule has 0 aromatic heterocycles. The SMILES string of the molecule is C=CC(=O)N1[C@H](C)CN(C2=NC(O)N3CC(NCCOC)CSc4c(-c5ccc(F)cc5F)c(Cl)cc2c43)C[C@@H]1C. The lowest BCUT2D eigenvalue weighted by molar-refractivity contribution is -0.132. The Morgan fingerprint density at radius 2 is 1.98 bits per heavy atom. The fourth-order valence-electron chi connectivity index (χ4n) is 5.96. The lowest BCUT2D eigenvalue weighted by Gasteiger charge is -2.47. The van der Waals surface area contributed by atoms with Crippen LogP contribution in [-0.2, 0) is 9.53 Å². The maximum atomic E-state index is 15.2. The van der Waals surface area contributed by atoms with Crippen molar-refractivity contribution in [3.63, 3.8) is 0 Å². The van der Waals surface area contributed by atoms with E-state index in [1.807, 2.05) is 18.7 Å². The molecule has 1 fully saturated rings. The summed E-state index contributed by atoms with van der Waals surface area (Å²) in [4.78, 5) is 23.6. The van der Waals surface area contributed by atoms with Crippen molar-refractivity contribution >= 4 is 40.8 Å². The molecule has 3 heterocycles. The molecule has 4 atom stereocenters. The third-order valence-electron chi connectivity index (χ3n) is 7.68. The number of thioether (sulfide) groups is 1. The maximum absolute atomic E-state index is 15.2. The zero-order chi connectivity index (χ0) is 29.4. The molecule has 3 aliphatic heterocycles. The van der Waals surface area contributed by atoms with Gasteiger partial charge in [-0.25, -0.2) is 13.8 Å². The Balaban J connectivity index is 1.62. The van der Waals surface area contributed by atoms with Crippen molar-refractivity contribution in [3.8, 4) is 11.1 Å². The van der Waals surface area contributed by atoms with Crippen molar-refractivity contribution in [2.75, 3.05) is 50.5 Å². The van der Waals surface area contributed by atoms with Gasteiger partial charge in [-0.1, -0.05) is 18.2 Å². The summed E-state index contributed by atoms with van der Waals surface area (Å²) in [5, 5.41) is 15.2. The number of piperazine rings is 1. The molecule has 0 saturated carbocycles. The van der Waals surface area contributed by atoms with Gasteiger partial charge in [-0.2, -0.15) is 0 Å². The normalized spacial score (nSPS) is 24.1. The van der Waals surface area contributed by atoms with Gasteiger partial charge in [0.15, 0.2) is 0 Å². The summed E-state index contributed by atoms with van der Waals surface area (Å²) in [6, 6.07) is 4.91. The number of aliphatic imine (C=N–C) groups is 1. The number of benzene rings is 2.